The van der Waals surface area contributed by atoms with E-state index in [4.69, 9.17) is 5.73 Å². The molecular formula is C7H11NO2. The Morgan fingerprint density at radius 3 is 2.10 bits per heavy atom. The van der Waals surface area contributed by atoms with Gasteiger partial charge < -0.3 is 5.73 Å². The molecule has 3 heteroatoms. The van der Waals surface area contributed by atoms with Crippen LogP contribution in [0, 0.1) is 11.8 Å². The molecule has 10 heavy (non-hydrogen) atoms. The van der Waals surface area contributed by atoms with Crippen molar-refractivity contribution in [3.8, 4) is 0 Å². The van der Waals surface area contributed by atoms with E-state index in [1.165, 1.54) is 6.92 Å². The summed E-state index contributed by atoms with van der Waals surface area (Å²) >= 11 is 0. The molecule has 1 rings (SSSR count). The lowest BCUT2D eigenvalue weighted by atomic mass is 9.99. The van der Waals surface area contributed by atoms with Crippen molar-refractivity contribution >= 4 is 11.7 Å². The number of ketones is 1. The van der Waals surface area contributed by atoms with Crippen LogP contribution in [0.1, 0.15) is 19.8 Å². The predicted octanol–water partition coefficient (Wildman–Crippen LogP) is 0.0869. The molecule has 0 bridgehead atoms. The molecule has 1 aliphatic rings. The number of carbonyl (C=O) groups excluding carboxylic acids is 2. The molecule has 56 valence electrons. The van der Waals surface area contributed by atoms with Crippen LogP contribution in [0.4, 0.5) is 0 Å². The molecule has 0 saturated heterocycles. The molecular weight excluding hydrogens is 130 g/mol. The minimum atomic E-state index is -0.500. The Bertz CT molecular complexity index is 158. The van der Waals surface area contributed by atoms with Gasteiger partial charge in [0, 0.05) is 0 Å². The summed E-state index contributed by atoms with van der Waals surface area (Å²) in [6, 6.07) is 0. The molecule has 3 nitrogen and oxygen atoms in total. The lowest BCUT2D eigenvalue weighted by Gasteiger charge is -2.05. The number of nitrogens with two attached hydrogens (primary N) is 1. The summed E-state index contributed by atoms with van der Waals surface area (Å²) in [7, 11) is 0. The Morgan fingerprint density at radius 2 is 2.00 bits per heavy atom. The van der Waals surface area contributed by atoms with E-state index >= 15 is 0 Å². The number of hydrogen-bond acceptors (Lipinski definition) is 2. The highest BCUT2D eigenvalue weighted by molar-refractivity contribution is 6.00. The van der Waals surface area contributed by atoms with Gasteiger partial charge in [-0.15, -0.1) is 0 Å². The van der Waals surface area contributed by atoms with E-state index in [0.717, 1.165) is 12.8 Å². The maximum Gasteiger partial charge on any atom is 0.228 e. The summed E-state index contributed by atoms with van der Waals surface area (Å²) in [4.78, 5) is 21.4. The number of carbonyl (C=O) groups is 2. The molecule has 0 aliphatic heterocycles. The molecule has 0 heterocycles. The number of hydrogen-bond donors (Lipinski definition) is 1. The normalized spacial score (nSPS) is 20.1. The van der Waals surface area contributed by atoms with Crippen molar-refractivity contribution in [3.63, 3.8) is 0 Å². The summed E-state index contributed by atoms with van der Waals surface area (Å²) in [5, 5.41) is 0. The SMILES string of the molecule is CC(=O)C(C(N)=O)C1CC1. The molecule has 1 unspecified atom stereocenters. The van der Waals surface area contributed by atoms with Crippen molar-refractivity contribution in [2.75, 3.05) is 0 Å². The molecule has 1 fully saturated rings. The van der Waals surface area contributed by atoms with Crippen LogP contribution in [0.3, 0.4) is 0 Å². The fraction of sp³-hybridized carbons (Fsp3) is 0.714. The minimum Gasteiger partial charge on any atom is -0.369 e. The van der Waals surface area contributed by atoms with E-state index in [1.54, 1.807) is 0 Å². The van der Waals surface area contributed by atoms with Gasteiger partial charge in [-0.1, -0.05) is 0 Å². The third-order valence-electron chi connectivity index (χ3n) is 1.84. The van der Waals surface area contributed by atoms with Crippen LogP contribution in [0.2, 0.25) is 0 Å². The fourth-order valence-corrected chi connectivity index (χ4v) is 1.19. The van der Waals surface area contributed by atoms with Gasteiger partial charge in [-0.2, -0.15) is 0 Å². The Hall–Kier alpha value is -0.860. The predicted molar refractivity (Wildman–Crippen MR) is 36.1 cm³/mol. The van der Waals surface area contributed by atoms with Gasteiger partial charge in [-0.05, 0) is 25.7 Å². The van der Waals surface area contributed by atoms with Crippen molar-refractivity contribution < 1.29 is 9.59 Å². The summed E-state index contributed by atoms with van der Waals surface area (Å²) < 4.78 is 0. The lowest BCUT2D eigenvalue weighted by Crippen LogP contribution is -2.30. The van der Waals surface area contributed by atoms with E-state index in [1.807, 2.05) is 0 Å². The first kappa shape index (κ1) is 7.25. The highest BCUT2D eigenvalue weighted by atomic mass is 16.2. The average Bonchev–Trinajstić information content (AvgIpc) is 2.46. The van der Waals surface area contributed by atoms with Crippen molar-refractivity contribution in [1.82, 2.24) is 0 Å². The second kappa shape index (κ2) is 2.40. The first-order valence-electron chi connectivity index (χ1n) is 3.42. The summed E-state index contributed by atoms with van der Waals surface area (Å²) in [5.41, 5.74) is 5.02. The largest absolute Gasteiger partial charge is 0.369 e. The van der Waals surface area contributed by atoms with Gasteiger partial charge in [0.15, 0.2) is 0 Å². The van der Waals surface area contributed by atoms with Crippen LogP contribution in [0.15, 0.2) is 0 Å². The molecule has 1 amide bonds. The average molecular weight is 141 g/mol. The smallest absolute Gasteiger partial charge is 0.228 e. The monoisotopic (exact) mass is 141 g/mol. The van der Waals surface area contributed by atoms with Gasteiger partial charge in [0.1, 0.15) is 5.78 Å². The molecule has 2 N–H and O–H groups in total. The first-order chi connectivity index (χ1) is 4.63. The number of rotatable bonds is 3. The third-order valence-corrected chi connectivity index (χ3v) is 1.84. The van der Waals surface area contributed by atoms with E-state index in [0.29, 0.717) is 0 Å². The zero-order chi connectivity index (χ0) is 7.72. The molecule has 1 saturated carbocycles. The Kier molecular flexibility index (Phi) is 1.74. The zero-order valence-corrected chi connectivity index (χ0v) is 5.96. The van der Waals surface area contributed by atoms with Gasteiger partial charge >= 0.3 is 0 Å². The van der Waals surface area contributed by atoms with Crippen molar-refractivity contribution in [3.05, 3.63) is 0 Å². The van der Waals surface area contributed by atoms with Crippen LogP contribution >= 0.6 is 0 Å². The van der Waals surface area contributed by atoms with E-state index in [2.05, 4.69) is 0 Å². The molecule has 0 radical (unpaired) electrons. The molecule has 0 aromatic rings. The second-order valence-corrected chi connectivity index (χ2v) is 2.83. The van der Waals surface area contributed by atoms with Gasteiger partial charge in [0.2, 0.25) is 5.91 Å². The Balaban J connectivity index is 2.58. The van der Waals surface area contributed by atoms with Crippen LogP contribution in [0.25, 0.3) is 0 Å². The quantitative estimate of drug-likeness (QED) is 0.566. The maximum absolute atomic E-state index is 10.8. The first-order valence-corrected chi connectivity index (χ1v) is 3.42. The second-order valence-electron chi connectivity index (χ2n) is 2.83. The minimum absolute atomic E-state index is 0.0880. The third kappa shape index (κ3) is 1.35. The van der Waals surface area contributed by atoms with E-state index in [9.17, 15) is 9.59 Å². The van der Waals surface area contributed by atoms with E-state index < -0.39 is 11.8 Å². The summed E-state index contributed by atoms with van der Waals surface area (Å²) in [6.07, 6.45) is 1.96. The van der Waals surface area contributed by atoms with Crippen LogP contribution in [-0.2, 0) is 9.59 Å². The maximum atomic E-state index is 10.8. The summed E-state index contributed by atoms with van der Waals surface area (Å²) in [5.74, 6) is -0.792. The van der Waals surface area contributed by atoms with Gasteiger partial charge in [0.05, 0.1) is 5.92 Å². The molecule has 0 aromatic carbocycles. The zero-order valence-electron chi connectivity index (χ0n) is 5.96. The molecule has 0 spiro atoms. The molecule has 0 aromatic heterocycles. The van der Waals surface area contributed by atoms with Crippen LogP contribution < -0.4 is 5.73 Å². The number of amides is 1. The standard InChI is InChI=1S/C7H11NO2/c1-4(9)6(7(8)10)5-2-3-5/h5-6H,2-3H2,1H3,(H2,8,10). The van der Waals surface area contributed by atoms with Gasteiger partial charge in [-0.25, -0.2) is 0 Å². The highest BCUT2D eigenvalue weighted by Crippen LogP contribution is 2.36. The molecule has 1 atom stereocenters. The van der Waals surface area contributed by atoms with Gasteiger partial charge in [-0.3, -0.25) is 9.59 Å². The van der Waals surface area contributed by atoms with Gasteiger partial charge in [0.25, 0.3) is 0 Å². The van der Waals surface area contributed by atoms with Crippen LogP contribution in [0.5, 0.6) is 0 Å². The molecule has 1 aliphatic carbocycles. The number of primary amides is 1. The fourth-order valence-electron chi connectivity index (χ4n) is 1.19. The Labute approximate surface area is 59.6 Å². The van der Waals surface area contributed by atoms with Crippen LogP contribution in [-0.4, -0.2) is 11.7 Å². The summed E-state index contributed by atoms with van der Waals surface area (Å²) in [6.45, 7) is 1.42. The van der Waals surface area contributed by atoms with Crippen molar-refractivity contribution in [2.24, 2.45) is 17.6 Å². The highest BCUT2D eigenvalue weighted by Gasteiger charge is 2.37. The Morgan fingerprint density at radius 1 is 1.50 bits per heavy atom. The topological polar surface area (TPSA) is 60.2 Å². The van der Waals surface area contributed by atoms with E-state index in [-0.39, 0.29) is 11.7 Å². The number of Topliss-reactive ketones (excluding diaryl/α,β-unsaturated/α-hetero) is 1. The van der Waals surface area contributed by atoms with Crippen molar-refractivity contribution in [1.29, 1.82) is 0 Å². The lowest BCUT2D eigenvalue weighted by molar-refractivity contribution is -0.131. The van der Waals surface area contributed by atoms with Crippen molar-refractivity contribution in [2.45, 2.75) is 19.8 Å².